The number of halogens is 4. The second-order valence-corrected chi connectivity index (χ2v) is 5.73. The molecule has 3 aromatic rings. The molecule has 0 bridgehead atoms. The molecule has 25 heavy (non-hydrogen) atoms. The average Bonchev–Trinajstić information content (AvgIpc) is 2.57. The summed E-state index contributed by atoms with van der Waals surface area (Å²) in [6.45, 7) is 1.60. The SMILES string of the molecule is Cc1n[nH]c(=O)c(-c2ncccc2C(F)(F)F)c1-c1ccc(Cl)cc1. The average molecular weight is 366 g/mol. The maximum Gasteiger partial charge on any atom is 0.418 e. The number of nitrogens with zero attached hydrogens (tertiary/aromatic N) is 2. The number of hydrogen-bond acceptors (Lipinski definition) is 3. The van der Waals surface area contributed by atoms with E-state index in [1.165, 1.54) is 12.3 Å². The molecule has 0 aliphatic heterocycles. The van der Waals surface area contributed by atoms with Crippen molar-refractivity contribution in [2.24, 2.45) is 0 Å². The fourth-order valence-corrected chi connectivity index (χ4v) is 2.70. The van der Waals surface area contributed by atoms with Crippen LogP contribution in [0.2, 0.25) is 5.02 Å². The normalized spacial score (nSPS) is 11.6. The summed E-state index contributed by atoms with van der Waals surface area (Å²) < 4.78 is 40.1. The number of hydrogen-bond donors (Lipinski definition) is 1. The first kappa shape index (κ1) is 17.2. The third-order valence-electron chi connectivity index (χ3n) is 3.65. The molecule has 1 aromatic carbocycles. The van der Waals surface area contributed by atoms with Crippen LogP contribution in [0.15, 0.2) is 47.4 Å². The Balaban J connectivity index is 2.38. The van der Waals surface area contributed by atoms with Gasteiger partial charge in [-0.05, 0) is 36.8 Å². The first-order chi connectivity index (χ1) is 11.8. The zero-order valence-corrected chi connectivity index (χ0v) is 13.6. The van der Waals surface area contributed by atoms with Crippen molar-refractivity contribution in [3.8, 4) is 22.4 Å². The van der Waals surface area contributed by atoms with Gasteiger partial charge in [-0.25, -0.2) is 5.10 Å². The van der Waals surface area contributed by atoms with Gasteiger partial charge in [0.1, 0.15) is 0 Å². The molecule has 128 valence electrons. The van der Waals surface area contributed by atoms with Crippen molar-refractivity contribution in [3.05, 3.63) is 69.2 Å². The number of aromatic nitrogens is 3. The number of alkyl halides is 3. The van der Waals surface area contributed by atoms with E-state index in [2.05, 4.69) is 15.2 Å². The highest BCUT2D eigenvalue weighted by atomic mass is 35.5. The van der Waals surface area contributed by atoms with Crippen LogP contribution in [0, 0.1) is 6.92 Å². The van der Waals surface area contributed by atoms with Crippen molar-refractivity contribution >= 4 is 11.6 Å². The van der Waals surface area contributed by atoms with Crippen molar-refractivity contribution in [2.75, 3.05) is 0 Å². The van der Waals surface area contributed by atoms with Crippen LogP contribution in [-0.2, 0) is 6.18 Å². The van der Waals surface area contributed by atoms with Gasteiger partial charge in [-0.1, -0.05) is 23.7 Å². The minimum atomic E-state index is -4.65. The maximum absolute atomic E-state index is 13.4. The van der Waals surface area contributed by atoms with Crippen molar-refractivity contribution in [2.45, 2.75) is 13.1 Å². The van der Waals surface area contributed by atoms with Gasteiger partial charge in [0, 0.05) is 16.8 Å². The predicted octanol–water partition coefficient (Wildman–Crippen LogP) is 4.48. The van der Waals surface area contributed by atoms with Gasteiger partial charge in [0.15, 0.2) is 0 Å². The summed E-state index contributed by atoms with van der Waals surface area (Å²) in [5, 5.41) is 6.57. The molecule has 3 rings (SSSR count). The maximum atomic E-state index is 13.4. The van der Waals surface area contributed by atoms with Crippen LogP contribution in [0.3, 0.4) is 0 Å². The standard InChI is InChI=1S/C17H11ClF3N3O/c1-9-13(10-4-6-11(18)7-5-10)14(16(25)24-23-9)15-12(17(19,20)21)3-2-8-22-15/h2-8H,1H3,(H,24,25). The summed E-state index contributed by atoms with van der Waals surface area (Å²) in [6, 6.07) is 8.48. The third-order valence-corrected chi connectivity index (χ3v) is 3.90. The largest absolute Gasteiger partial charge is 0.418 e. The van der Waals surface area contributed by atoms with Crippen LogP contribution >= 0.6 is 11.6 Å². The fourth-order valence-electron chi connectivity index (χ4n) is 2.57. The summed E-state index contributed by atoms with van der Waals surface area (Å²) >= 11 is 5.87. The number of rotatable bonds is 2. The number of aryl methyl sites for hydroxylation is 1. The highest BCUT2D eigenvalue weighted by Crippen LogP contribution is 2.38. The zero-order valence-electron chi connectivity index (χ0n) is 12.9. The van der Waals surface area contributed by atoms with Crippen molar-refractivity contribution < 1.29 is 13.2 Å². The molecule has 8 heteroatoms. The van der Waals surface area contributed by atoms with Crippen LogP contribution < -0.4 is 5.56 Å². The Bertz CT molecular complexity index is 982. The van der Waals surface area contributed by atoms with E-state index in [0.717, 1.165) is 6.07 Å². The topological polar surface area (TPSA) is 58.6 Å². The smallest absolute Gasteiger partial charge is 0.267 e. The minimum Gasteiger partial charge on any atom is -0.267 e. The minimum absolute atomic E-state index is 0.178. The molecule has 1 N–H and O–H groups in total. The molecule has 0 aliphatic rings. The lowest BCUT2D eigenvalue weighted by molar-refractivity contribution is -0.137. The van der Waals surface area contributed by atoms with Gasteiger partial charge in [-0.15, -0.1) is 0 Å². The van der Waals surface area contributed by atoms with Gasteiger partial charge in [-0.3, -0.25) is 9.78 Å². The summed E-state index contributed by atoms with van der Waals surface area (Å²) in [7, 11) is 0. The molecule has 0 saturated carbocycles. The molecule has 0 radical (unpaired) electrons. The van der Waals surface area contributed by atoms with Crippen LogP contribution in [0.5, 0.6) is 0 Å². The van der Waals surface area contributed by atoms with Crippen LogP contribution in [0.25, 0.3) is 22.4 Å². The highest BCUT2D eigenvalue weighted by Gasteiger charge is 2.36. The zero-order chi connectivity index (χ0) is 18.2. The molecule has 0 atom stereocenters. The van der Waals surface area contributed by atoms with E-state index >= 15 is 0 Å². The Hall–Kier alpha value is -2.67. The molecular formula is C17H11ClF3N3O. The molecule has 2 heterocycles. The number of nitrogens with one attached hydrogen (secondary N) is 1. The Kier molecular flexibility index (Phi) is 4.34. The number of pyridine rings is 1. The van der Waals surface area contributed by atoms with Gasteiger partial charge in [0.25, 0.3) is 5.56 Å². The number of benzene rings is 1. The Labute approximate surface area is 145 Å². The lowest BCUT2D eigenvalue weighted by Crippen LogP contribution is -2.18. The molecule has 0 aliphatic carbocycles. The summed E-state index contributed by atoms with van der Waals surface area (Å²) in [5.41, 5.74) is -1.18. The van der Waals surface area contributed by atoms with Crippen LogP contribution in [-0.4, -0.2) is 15.2 Å². The first-order valence-corrected chi connectivity index (χ1v) is 7.54. The van der Waals surface area contributed by atoms with Gasteiger partial charge >= 0.3 is 6.18 Å². The third kappa shape index (κ3) is 3.28. The second-order valence-electron chi connectivity index (χ2n) is 5.29. The highest BCUT2D eigenvalue weighted by molar-refractivity contribution is 6.30. The number of H-pyrrole nitrogens is 1. The molecule has 0 unspecified atom stereocenters. The summed E-state index contributed by atoms with van der Waals surface area (Å²) in [5.74, 6) is 0. The van der Waals surface area contributed by atoms with Gasteiger partial charge in [0.2, 0.25) is 0 Å². The summed E-state index contributed by atoms with van der Waals surface area (Å²) in [6.07, 6.45) is -3.43. The molecule has 0 amide bonds. The van der Waals surface area contributed by atoms with E-state index in [0.29, 0.717) is 16.3 Å². The Morgan fingerprint density at radius 2 is 1.76 bits per heavy atom. The molecule has 4 nitrogen and oxygen atoms in total. The molecular weight excluding hydrogens is 355 g/mol. The predicted molar refractivity (Wildman–Crippen MR) is 88.3 cm³/mol. The first-order valence-electron chi connectivity index (χ1n) is 7.17. The van der Waals surface area contributed by atoms with Crippen molar-refractivity contribution in [1.29, 1.82) is 0 Å². The van der Waals surface area contributed by atoms with Gasteiger partial charge in [0.05, 0.1) is 22.5 Å². The molecule has 2 aromatic heterocycles. The Morgan fingerprint density at radius 3 is 2.40 bits per heavy atom. The van der Waals surface area contributed by atoms with E-state index in [4.69, 9.17) is 11.6 Å². The lowest BCUT2D eigenvalue weighted by Gasteiger charge is -2.15. The molecule has 0 spiro atoms. The fraction of sp³-hybridized carbons (Fsp3) is 0.118. The van der Waals surface area contributed by atoms with E-state index in [1.54, 1.807) is 31.2 Å². The summed E-state index contributed by atoms with van der Waals surface area (Å²) in [4.78, 5) is 16.2. The number of aromatic amines is 1. The van der Waals surface area contributed by atoms with E-state index in [9.17, 15) is 18.0 Å². The van der Waals surface area contributed by atoms with Crippen LogP contribution in [0.1, 0.15) is 11.3 Å². The molecule has 0 saturated heterocycles. The van der Waals surface area contributed by atoms with E-state index in [1.807, 2.05) is 0 Å². The molecule has 0 fully saturated rings. The van der Waals surface area contributed by atoms with E-state index < -0.39 is 23.0 Å². The van der Waals surface area contributed by atoms with Crippen molar-refractivity contribution in [3.63, 3.8) is 0 Å². The lowest BCUT2D eigenvalue weighted by atomic mass is 9.95. The van der Waals surface area contributed by atoms with Gasteiger partial charge < -0.3 is 0 Å². The van der Waals surface area contributed by atoms with Crippen LogP contribution in [0.4, 0.5) is 13.2 Å². The van der Waals surface area contributed by atoms with Gasteiger partial charge in [-0.2, -0.15) is 18.3 Å². The van der Waals surface area contributed by atoms with E-state index in [-0.39, 0.29) is 11.1 Å². The van der Waals surface area contributed by atoms with Crippen molar-refractivity contribution in [1.82, 2.24) is 15.2 Å². The monoisotopic (exact) mass is 365 g/mol. The Morgan fingerprint density at radius 1 is 1.08 bits per heavy atom. The quantitative estimate of drug-likeness (QED) is 0.728. The second kappa shape index (κ2) is 6.33.